The van der Waals surface area contributed by atoms with Crippen LogP contribution in [0.1, 0.15) is 5.56 Å². The Morgan fingerprint density at radius 1 is 1.36 bits per heavy atom. The zero-order valence-corrected chi connectivity index (χ0v) is 13.3. The van der Waals surface area contributed by atoms with E-state index < -0.39 is 44.3 Å². The molecule has 5 N–H and O–H groups in total. The second kappa shape index (κ2) is 7.29. The third-order valence-corrected chi connectivity index (χ3v) is 4.55. The molecule has 0 aliphatic rings. The van der Waals surface area contributed by atoms with Gasteiger partial charge in [-0.2, -0.15) is 8.42 Å². The summed E-state index contributed by atoms with van der Waals surface area (Å²) in [5.41, 5.74) is 5.13. The Hall–Kier alpha value is -1.33. The maximum atomic E-state index is 11.7. The van der Waals surface area contributed by atoms with E-state index in [1.165, 1.54) is 6.07 Å². The number of carboxylic acids is 1. The van der Waals surface area contributed by atoms with Gasteiger partial charge in [-0.3, -0.25) is 14.1 Å². The van der Waals surface area contributed by atoms with E-state index in [2.05, 4.69) is 0 Å². The Balaban J connectivity index is 2.93. The number of carbonyl (C=O) groups is 2. The standard InChI is InChI=1S/C11H12ClNO7S2/c12-6-1-5(10(15)8(3-6)22(18,19)20)2-9(14)21-4-7(13)11(16)17/h1,3,7,15H,2,4,13H2,(H,16,17)(H,18,19,20)/t7-/m0/s1. The van der Waals surface area contributed by atoms with E-state index >= 15 is 0 Å². The van der Waals surface area contributed by atoms with E-state index in [1.54, 1.807) is 0 Å². The van der Waals surface area contributed by atoms with Gasteiger partial charge in [0.25, 0.3) is 10.1 Å². The lowest BCUT2D eigenvalue weighted by molar-refractivity contribution is -0.137. The van der Waals surface area contributed by atoms with Gasteiger partial charge in [0, 0.05) is 22.8 Å². The van der Waals surface area contributed by atoms with E-state index in [-0.39, 0.29) is 16.3 Å². The monoisotopic (exact) mass is 369 g/mol. The number of phenolic OH excluding ortho intramolecular Hbond substituents is 1. The highest BCUT2D eigenvalue weighted by atomic mass is 35.5. The summed E-state index contributed by atoms with van der Waals surface area (Å²) in [6.45, 7) is 0. The highest BCUT2D eigenvalue weighted by Gasteiger charge is 2.21. The molecule has 11 heteroatoms. The maximum absolute atomic E-state index is 11.7. The number of halogens is 1. The Morgan fingerprint density at radius 3 is 2.45 bits per heavy atom. The molecule has 1 atom stereocenters. The minimum atomic E-state index is -4.70. The van der Waals surface area contributed by atoms with Crippen molar-refractivity contribution in [3.05, 3.63) is 22.7 Å². The zero-order chi connectivity index (χ0) is 17.1. The lowest BCUT2D eigenvalue weighted by Crippen LogP contribution is -2.33. The largest absolute Gasteiger partial charge is 0.506 e. The number of nitrogens with two attached hydrogens (primary N) is 1. The van der Waals surface area contributed by atoms with Crippen molar-refractivity contribution < 1.29 is 32.8 Å². The third kappa shape index (κ3) is 5.14. The number of aliphatic carboxylic acids is 1. The van der Waals surface area contributed by atoms with Crippen molar-refractivity contribution in [2.75, 3.05) is 5.75 Å². The number of rotatable bonds is 6. The molecule has 0 unspecified atom stereocenters. The molecule has 0 spiro atoms. The van der Waals surface area contributed by atoms with Gasteiger partial charge in [-0.15, -0.1) is 0 Å². The molecule has 122 valence electrons. The molecule has 1 aromatic rings. The summed E-state index contributed by atoms with van der Waals surface area (Å²) < 4.78 is 31.2. The highest BCUT2D eigenvalue weighted by Crippen LogP contribution is 2.31. The van der Waals surface area contributed by atoms with Crippen molar-refractivity contribution in [3.8, 4) is 5.75 Å². The van der Waals surface area contributed by atoms with Crippen LogP contribution in [0.15, 0.2) is 17.0 Å². The van der Waals surface area contributed by atoms with Crippen LogP contribution < -0.4 is 5.73 Å². The second-order valence-electron chi connectivity index (χ2n) is 4.19. The molecular formula is C11H12ClNO7S2. The first-order valence-corrected chi connectivity index (χ1v) is 8.45. The van der Waals surface area contributed by atoms with Crippen molar-refractivity contribution in [2.45, 2.75) is 17.4 Å². The average Bonchev–Trinajstić information content (AvgIpc) is 2.38. The van der Waals surface area contributed by atoms with Crippen LogP contribution in [-0.4, -0.2) is 46.1 Å². The molecule has 0 saturated heterocycles. The summed E-state index contributed by atoms with van der Waals surface area (Å²) in [6, 6.07) is 0.782. The van der Waals surface area contributed by atoms with Gasteiger partial charge in [0.05, 0.1) is 0 Å². The molecule has 0 bridgehead atoms. The van der Waals surface area contributed by atoms with Crippen LogP contribution in [0.2, 0.25) is 5.02 Å². The predicted molar refractivity (Wildman–Crippen MR) is 79.7 cm³/mol. The van der Waals surface area contributed by atoms with Crippen LogP contribution in [-0.2, 0) is 26.1 Å². The zero-order valence-electron chi connectivity index (χ0n) is 10.9. The molecule has 0 aromatic heterocycles. The van der Waals surface area contributed by atoms with Crippen LogP contribution in [0, 0.1) is 0 Å². The molecule has 0 amide bonds. The van der Waals surface area contributed by atoms with Crippen molar-refractivity contribution in [3.63, 3.8) is 0 Å². The normalized spacial score (nSPS) is 12.9. The minimum absolute atomic E-state index is 0.0968. The fourth-order valence-electron chi connectivity index (χ4n) is 1.42. The summed E-state index contributed by atoms with van der Waals surface area (Å²) >= 11 is 6.30. The summed E-state index contributed by atoms with van der Waals surface area (Å²) in [4.78, 5) is 21.4. The van der Waals surface area contributed by atoms with Crippen LogP contribution in [0.3, 0.4) is 0 Å². The van der Waals surface area contributed by atoms with Gasteiger partial charge in [-0.1, -0.05) is 23.4 Å². The molecule has 0 saturated carbocycles. The molecule has 0 radical (unpaired) electrons. The Labute approximate surface area is 135 Å². The van der Waals surface area contributed by atoms with Gasteiger partial charge < -0.3 is 15.9 Å². The van der Waals surface area contributed by atoms with Crippen LogP contribution >= 0.6 is 23.4 Å². The predicted octanol–water partition coefficient (Wildman–Crippen LogP) is 0.506. The van der Waals surface area contributed by atoms with Crippen LogP contribution in [0.25, 0.3) is 0 Å². The molecule has 0 heterocycles. The van der Waals surface area contributed by atoms with Gasteiger partial charge in [-0.05, 0) is 12.1 Å². The SMILES string of the molecule is N[C@@H](CSC(=O)Cc1cc(Cl)cc(S(=O)(=O)O)c1O)C(=O)O. The lowest BCUT2D eigenvalue weighted by Gasteiger charge is -2.09. The summed E-state index contributed by atoms with van der Waals surface area (Å²) in [7, 11) is -4.70. The van der Waals surface area contributed by atoms with Crippen molar-refractivity contribution >= 4 is 44.6 Å². The molecule has 1 rings (SSSR count). The first kappa shape index (κ1) is 18.7. The maximum Gasteiger partial charge on any atom is 0.321 e. The van der Waals surface area contributed by atoms with E-state index in [4.69, 9.17) is 27.0 Å². The molecule has 8 nitrogen and oxygen atoms in total. The lowest BCUT2D eigenvalue weighted by atomic mass is 10.1. The first-order valence-electron chi connectivity index (χ1n) is 5.65. The second-order valence-corrected chi connectivity index (χ2v) is 7.09. The molecule has 0 aliphatic carbocycles. The summed E-state index contributed by atoms with van der Waals surface area (Å²) in [5.74, 6) is -2.23. The minimum Gasteiger partial charge on any atom is -0.506 e. The third-order valence-electron chi connectivity index (χ3n) is 2.47. The Bertz CT molecular complexity index is 705. The Kier molecular flexibility index (Phi) is 6.20. The van der Waals surface area contributed by atoms with E-state index in [1.807, 2.05) is 0 Å². The Morgan fingerprint density at radius 2 is 1.95 bits per heavy atom. The smallest absolute Gasteiger partial charge is 0.321 e. The van der Waals surface area contributed by atoms with Gasteiger partial charge in [-0.25, -0.2) is 0 Å². The number of hydrogen-bond donors (Lipinski definition) is 4. The first-order chi connectivity index (χ1) is 10.0. The number of carboxylic acid groups (broad SMARTS) is 1. The fraction of sp³-hybridized carbons (Fsp3) is 0.273. The van der Waals surface area contributed by atoms with Gasteiger partial charge in [0.15, 0.2) is 5.12 Å². The number of hydrogen-bond acceptors (Lipinski definition) is 7. The van der Waals surface area contributed by atoms with Crippen molar-refractivity contribution in [1.82, 2.24) is 0 Å². The molecular weight excluding hydrogens is 358 g/mol. The van der Waals surface area contributed by atoms with E-state index in [0.29, 0.717) is 11.8 Å². The number of benzene rings is 1. The van der Waals surface area contributed by atoms with E-state index in [0.717, 1.165) is 6.07 Å². The summed E-state index contributed by atoms with van der Waals surface area (Å²) in [6.07, 6.45) is -0.411. The van der Waals surface area contributed by atoms with Gasteiger partial charge in [0.2, 0.25) is 0 Å². The number of phenols is 1. The molecule has 0 fully saturated rings. The van der Waals surface area contributed by atoms with Crippen molar-refractivity contribution in [2.24, 2.45) is 5.73 Å². The summed E-state index contributed by atoms with van der Waals surface area (Å²) in [5, 5.41) is 17.7. The fourth-order valence-corrected chi connectivity index (χ4v) is 3.14. The average molecular weight is 370 g/mol. The van der Waals surface area contributed by atoms with Crippen LogP contribution in [0.4, 0.5) is 0 Å². The quantitative estimate of drug-likeness (QED) is 0.524. The van der Waals surface area contributed by atoms with Crippen LogP contribution in [0.5, 0.6) is 5.75 Å². The number of thioether (sulfide) groups is 1. The molecule has 22 heavy (non-hydrogen) atoms. The topological polar surface area (TPSA) is 155 Å². The molecule has 0 aliphatic heterocycles. The van der Waals surface area contributed by atoms with Gasteiger partial charge in [0.1, 0.15) is 16.7 Å². The van der Waals surface area contributed by atoms with Gasteiger partial charge >= 0.3 is 5.97 Å². The highest BCUT2D eigenvalue weighted by molar-refractivity contribution is 8.13. The number of aromatic hydroxyl groups is 1. The van der Waals surface area contributed by atoms with Crippen molar-refractivity contribution in [1.29, 1.82) is 0 Å². The number of carbonyl (C=O) groups excluding carboxylic acids is 1. The van der Waals surface area contributed by atoms with E-state index in [9.17, 15) is 23.1 Å². The molecule has 1 aromatic carbocycles.